The molecule has 1 fully saturated rings. The lowest BCUT2D eigenvalue weighted by atomic mass is 10.2. The number of nitrogens with zero attached hydrogens (tertiary/aromatic N) is 1. The zero-order chi connectivity index (χ0) is 13.7. The zero-order valence-electron chi connectivity index (χ0n) is 11.2. The highest BCUT2D eigenvalue weighted by atomic mass is 32.1. The Bertz CT molecular complexity index is 439. The van der Waals surface area contributed by atoms with Gasteiger partial charge in [-0.3, -0.25) is 4.90 Å². The van der Waals surface area contributed by atoms with E-state index in [-0.39, 0.29) is 6.10 Å². The first-order valence-electron chi connectivity index (χ1n) is 6.55. The van der Waals surface area contributed by atoms with Gasteiger partial charge in [0.05, 0.1) is 6.61 Å². The van der Waals surface area contributed by atoms with E-state index in [4.69, 9.17) is 27.4 Å². The SMILES string of the molecule is CCN1CCOC(COc2cccc(C(N)=S)c2)C1. The summed E-state index contributed by atoms with van der Waals surface area (Å²) in [7, 11) is 0. The van der Waals surface area contributed by atoms with E-state index in [2.05, 4.69) is 11.8 Å². The Morgan fingerprint density at radius 2 is 2.42 bits per heavy atom. The molecule has 1 unspecified atom stereocenters. The summed E-state index contributed by atoms with van der Waals surface area (Å²) in [6.45, 7) is 6.47. The molecule has 0 aromatic heterocycles. The maximum absolute atomic E-state index is 5.76. The third-order valence-corrected chi connectivity index (χ3v) is 3.46. The van der Waals surface area contributed by atoms with Crippen LogP contribution in [0.15, 0.2) is 24.3 Å². The molecule has 1 aliphatic heterocycles. The van der Waals surface area contributed by atoms with Crippen molar-refractivity contribution in [2.75, 3.05) is 32.8 Å². The van der Waals surface area contributed by atoms with Gasteiger partial charge in [0, 0.05) is 18.7 Å². The van der Waals surface area contributed by atoms with Crippen molar-refractivity contribution in [3.63, 3.8) is 0 Å². The van der Waals surface area contributed by atoms with Gasteiger partial charge in [-0.2, -0.15) is 0 Å². The van der Waals surface area contributed by atoms with Crippen molar-refractivity contribution in [1.29, 1.82) is 0 Å². The predicted octanol–water partition coefficient (Wildman–Crippen LogP) is 1.42. The van der Waals surface area contributed by atoms with E-state index in [0.717, 1.165) is 37.6 Å². The Hall–Kier alpha value is -1.17. The van der Waals surface area contributed by atoms with Crippen LogP contribution in [0, 0.1) is 0 Å². The van der Waals surface area contributed by atoms with Gasteiger partial charge in [0.25, 0.3) is 0 Å². The van der Waals surface area contributed by atoms with Gasteiger partial charge in [0.15, 0.2) is 0 Å². The van der Waals surface area contributed by atoms with Crippen LogP contribution in [0.5, 0.6) is 5.75 Å². The summed E-state index contributed by atoms with van der Waals surface area (Å²) in [6.07, 6.45) is 0.127. The summed E-state index contributed by atoms with van der Waals surface area (Å²) in [6, 6.07) is 7.54. The number of likely N-dealkylation sites (N-methyl/N-ethyl adjacent to an activating group) is 1. The van der Waals surface area contributed by atoms with Crippen molar-refractivity contribution in [2.24, 2.45) is 5.73 Å². The predicted molar refractivity (Wildman–Crippen MR) is 79.7 cm³/mol. The van der Waals surface area contributed by atoms with E-state index >= 15 is 0 Å². The second-order valence-corrected chi connectivity index (χ2v) is 5.03. The van der Waals surface area contributed by atoms with Crippen molar-refractivity contribution >= 4 is 17.2 Å². The molecule has 1 saturated heterocycles. The molecule has 1 atom stereocenters. The first-order valence-corrected chi connectivity index (χ1v) is 6.96. The van der Waals surface area contributed by atoms with Crippen LogP contribution in [0.1, 0.15) is 12.5 Å². The van der Waals surface area contributed by atoms with Crippen molar-refractivity contribution in [1.82, 2.24) is 4.90 Å². The average Bonchev–Trinajstić information content (AvgIpc) is 2.45. The van der Waals surface area contributed by atoms with E-state index < -0.39 is 0 Å². The Kier molecular flexibility index (Phi) is 5.13. The largest absolute Gasteiger partial charge is 0.491 e. The molecular weight excluding hydrogens is 260 g/mol. The number of benzene rings is 1. The lowest BCUT2D eigenvalue weighted by molar-refractivity contribution is -0.0464. The topological polar surface area (TPSA) is 47.7 Å². The summed E-state index contributed by atoms with van der Waals surface area (Å²) < 4.78 is 11.5. The maximum Gasteiger partial charge on any atom is 0.120 e. The first-order chi connectivity index (χ1) is 9.19. The highest BCUT2D eigenvalue weighted by molar-refractivity contribution is 7.80. The van der Waals surface area contributed by atoms with Gasteiger partial charge in [-0.05, 0) is 18.7 Å². The molecule has 0 radical (unpaired) electrons. The molecule has 0 bridgehead atoms. The summed E-state index contributed by atoms with van der Waals surface area (Å²) in [4.78, 5) is 2.75. The zero-order valence-corrected chi connectivity index (χ0v) is 12.0. The number of thiocarbonyl (C=S) groups is 1. The van der Waals surface area contributed by atoms with Crippen LogP contribution in [-0.2, 0) is 4.74 Å². The molecule has 19 heavy (non-hydrogen) atoms. The minimum absolute atomic E-state index is 0.127. The number of morpholine rings is 1. The smallest absolute Gasteiger partial charge is 0.120 e. The minimum atomic E-state index is 0.127. The van der Waals surface area contributed by atoms with Crippen LogP contribution in [0.3, 0.4) is 0 Å². The van der Waals surface area contributed by atoms with Crippen molar-refractivity contribution in [3.05, 3.63) is 29.8 Å². The molecular formula is C14H20N2O2S. The van der Waals surface area contributed by atoms with E-state index in [1.165, 1.54) is 0 Å². The number of hydrogen-bond donors (Lipinski definition) is 1. The number of rotatable bonds is 5. The van der Waals surface area contributed by atoms with Crippen LogP contribution >= 0.6 is 12.2 Å². The second-order valence-electron chi connectivity index (χ2n) is 4.59. The number of nitrogens with two attached hydrogens (primary N) is 1. The monoisotopic (exact) mass is 280 g/mol. The van der Waals surface area contributed by atoms with Gasteiger partial charge in [-0.25, -0.2) is 0 Å². The highest BCUT2D eigenvalue weighted by Gasteiger charge is 2.19. The Morgan fingerprint density at radius 3 is 3.16 bits per heavy atom. The lowest BCUT2D eigenvalue weighted by Gasteiger charge is -2.31. The molecule has 1 aromatic rings. The summed E-state index contributed by atoms with van der Waals surface area (Å²) in [5.74, 6) is 0.780. The molecule has 1 aromatic carbocycles. The van der Waals surface area contributed by atoms with E-state index in [1.54, 1.807) is 0 Å². The lowest BCUT2D eigenvalue weighted by Crippen LogP contribution is -2.44. The molecule has 2 N–H and O–H groups in total. The second kappa shape index (κ2) is 6.84. The molecule has 0 amide bonds. The molecule has 5 heteroatoms. The van der Waals surface area contributed by atoms with E-state index in [0.29, 0.717) is 11.6 Å². The molecule has 2 rings (SSSR count). The van der Waals surface area contributed by atoms with Crippen LogP contribution in [-0.4, -0.2) is 48.8 Å². The molecule has 1 aliphatic rings. The molecule has 1 heterocycles. The normalized spacial score (nSPS) is 20.2. The van der Waals surface area contributed by atoms with Crippen LogP contribution in [0.2, 0.25) is 0 Å². The van der Waals surface area contributed by atoms with Crippen LogP contribution in [0.4, 0.5) is 0 Å². The Labute approximate surface area is 119 Å². The number of ether oxygens (including phenoxy) is 2. The van der Waals surface area contributed by atoms with Gasteiger partial charge >= 0.3 is 0 Å². The maximum atomic E-state index is 5.76. The van der Waals surface area contributed by atoms with Crippen molar-refractivity contribution in [3.8, 4) is 5.75 Å². The number of hydrogen-bond acceptors (Lipinski definition) is 4. The molecule has 0 saturated carbocycles. The third kappa shape index (κ3) is 4.16. The first kappa shape index (κ1) is 14.2. The van der Waals surface area contributed by atoms with Crippen LogP contribution < -0.4 is 10.5 Å². The van der Waals surface area contributed by atoms with Gasteiger partial charge in [-0.1, -0.05) is 31.3 Å². The van der Waals surface area contributed by atoms with Gasteiger partial charge in [0.1, 0.15) is 23.4 Å². The standard InChI is InChI=1S/C14H20N2O2S/c1-2-16-6-7-17-13(9-16)10-18-12-5-3-4-11(8-12)14(15)19/h3-5,8,13H,2,6-7,9-10H2,1H3,(H2,15,19). The molecule has 0 aliphatic carbocycles. The fraction of sp³-hybridized carbons (Fsp3) is 0.500. The van der Waals surface area contributed by atoms with Gasteiger partial charge < -0.3 is 15.2 Å². The fourth-order valence-corrected chi connectivity index (χ4v) is 2.22. The molecule has 4 nitrogen and oxygen atoms in total. The Balaban J connectivity index is 1.88. The molecule has 0 spiro atoms. The van der Waals surface area contributed by atoms with Gasteiger partial charge in [-0.15, -0.1) is 0 Å². The highest BCUT2D eigenvalue weighted by Crippen LogP contribution is 2.15. The van der Waals surface area contributed by atoms with Gasteiger partial charge in [0.2, 0.25) is 0 Å². The summed E-state index contributed by atoms with van der Waals surface area (Å²) >= 11 is 4.95. The van der Waals surface area contributed by atoms with E-state index in [1.807, 2.05) is 24.3 Å². The summed E-state index contributed by atoms with van der Waals surface area (Å²) in [5, 5.41) is 0. The fourth-order valence-electron chi connectivity index (χ4n) is 2.10. The molecule has 104 valence electrons. The summed E-state index contributed by atoms with van der Waals surface area (Å²) in [5.41, 5.74) is 6.43. The van der Waals surface area contributed by atoms with Crippen molar-refractivity contribution < 1.29 is 9.47 Å². The van der Waals surface area contributed by atoms with Crippen LogP contribution in [0.25, 0.3) is 0 Å². The Morgan fingerprint density at radius 1 is 1.58 bits per heavy atom. The van der Waals surface area contributed by atoms with E-state index in [9.17, 15) is 0 Å². The minimum Gasteiger partial charge on any atom is -0.491 e. The van der Waals surface area contributed by atoms with Crippen molar-refractivity contribution in [2.45, 2.75) is 13.0 Å². The third-order valence-electron chi connectivity index (χ3n) is 3.22. The average molecular weight is 280 g/mol. The quantitative estimate of drug-likeness (QED) is 0.827.